The molecule has 0 amide bonds. The lowest BCUT2D eigenvalue weighted by atomic mass is 10.1. The van der Waals surface area contributed by atoms with Crippen LogP contribution in [-0.4, -0.2) is 9.78 Å². The Balaban J connectivity index is 2.51. The number of hydrogen-bond acceptors (Lipinski definition) is 3. The molecule has 0 fully saturated rings. The minimum absolute atomic E-state index is 0.0472. The van der Waals surface area contributed by atoms with Gasteiger partial charge in [0.15, 0.2) is 0 Å². The third-order valence-corrected chi connectivity index (χ3v) is 2.23. The summed E-state index contributed by atoms with van der Waals surface area (Å²) >= 11 is 0. The molecule has 2 rings (SSSR count). The Bertz CT molecular complexity index is 335. The molecule has 0 radical (unpaired) electrons. The fourth-order valence-corrected chi connectivity index (χ4v) is 1.54. The summed E-state index contributed by atoms with van der Waals surface area (Å²) < 4.78 is 7.12. The van der Waals surface area contributed by atoms with Crippen LogP contribution in [0.3, 0.4) is 0 Å². The molecule has 0 saturated heterocycles. The van der Waals surface area contributed by atoms with Gasteiger partial charge >= 0.3 is 0 Å². The molecule has 0 saturated carbocycles. The zero-order valence-corrected chi connectivity index (χ0v) is 8.29. The Morgan fingerprint density at radius 3 is 2.62 bits per heavy atom. The van der Waals surface area contributed by atoms with E-state index in [-0.39, 0.29) is 5.54 Å². The molecule has 0 bridgehead atoms. The van der Waals surface area contributed by atoms with Gasteiger partial charge in [0, 0.05) is 5.56 Å². The Hall–Kier alpha value is -1.03. The number of fused-ring (bicyclic) bond motifs is 1. The van der Waals surface area contributed by atoms with Crippen molar-refractivity contribution in [3.8, 4) is 0 Å². The third-order valence-electron chi connectivity index (χ3n) is 2.23. The second-order valence-electron chi connectivity index (χ2n) is 4.39. The Labute approximate surface area is 77.7 Å². The van der Waals surface area contributed by atoms with Crippen LogP contribution < -0.4 is 5.73 Å². The SMILES string of the molecule is CC(C)(C)n1nc2c(c1N)COC2. The molecule has 1 aromatic rings. The second kappa shape index (κ2) is 2.48. The summed E-state index contributed by atoms with van der Waals surface area (Å²) in [5.41, 5.74) is 7.97. The predicted octanol–water partition coefficient (Wildman–Crippen LogP) is 1.25. The van der Waals surface area contributed by atoms with Gasteiger partial charge in [-0.05, 0) is 20.8 Å². The summed E-state index contributed by atoms with van der Waals surface area (Å²) in [6.07, 6.45) is 0. The van der Waals surface area contributed by atoms with Crippen LogP contribution in [-0.2, 0) is 23.5 Å². The van der Waals surface area contributed by atoms with Gasteiger partial charge in [-0.1, -0.05) is 0 Å². The topological polar surface area (TPSA) is 53.1 Å². The highest BCUT2D eigenvalue weighted by atomic mass is 16.5. The molecule has 2 heterocycles. The number of nitrogens with two attached hydrogens (primary N) is 1. The van der Waals surface area contributed by atoms with Gasteiger partial charge in [0.1, 0.15) is 5.82 Å². The van der Waals surface area contributed by atoms with Gasteiger partial charge in [-0.25, -0.2) is 4.68 Å². The number of ether oxygens (including phenoxy) is 1. The van der Waals surface area contributed by atoms with Gasteiger partial charge in [0.2, 0.25) is 0 Å². The fourth-order valence-electron chi connectivity index (χ4n) is 1.54. The van der Waals surface area contributed by atoms with Gasteiger partial charge in [0.25, 0.3) is 0 Å². The molecule has 1 aromatic heterocycles. The van der Waals surface area contributed by atoms with E-state index in [9.17, 15) is 0 Å². The second-order valence-corrected chi connectivity index (χ2v) is 4.39. The first-order chi connectivity index (χ1) is 6.00. The Kier molecular flexibility index (Phi) is 1.63. The van der Waals surface area contributed by atoms with E-state index in [1.165, 1.54) is 0 Å². The van der Waals surface area contributed by atoms with E-state index in [0.29, 0.717) is 13.2 Å². The molecule has 0 spiro atoms. The van der Waals surface area contributed by atoms with Crippen LogP contribution in [0.25, 0.3) is 0 Å². The van der Waals surface area contributed by atoms with Crippen LogP contribution in [0.15, 0.2) is 0 Å². The highest BCUT2D eigenvalue weighted by molar-refractivity contribution is 5.45. The largest absolute Gasteiger partial charge is 0.384 e. The molecule has 2 N–H and O–H groups in total. The summed E-state index contributed by atoms with van der Waals surface area (Å²) in [5.74, 6) is 0.750. The smallest absolute Gasteiger partial charge is 0.128 e. The lowest BCUT2D eigenvalue weighted by Crippen LogP contribution is -2.25. The Morgan fingerprint density at radius 1 is 1.38 bits per heavy atom. The molecule has 4 heteroatoms. The first-order valence-electron chi connectivity index (χ1n) is 4.44. The van der Waals surface area contributed by atoms with E-state index >= 15 is 0 Å². The zero-order chi connectivity index (χ0) is 9.64. The van der Waals surface area contributed by atoms with Crippen molar-refractivity contribution in [1.82, 2.24) is 9.78 Å². The molecule has 4 nitrogen and oxygen atoms in total. The highest BCUT2D eigenvalue weighted by Gasteiger charge is 2.26. The summed E-state index contributed by atoms with van der Waals surface area (Å²) in [6.45, 7) is 7.48. The molecular weight excluding hydrogens is 166 g/mol. The van der Waals surface area contributed by atoms with Crippen LogP contribution in [0.4, 0.5) is 5.82 Å². The fraction of sp³-hybridized carbons (Fsp3) is 0.667. The summed E-state index contributed by atoms with van der Waals surface area (Å²) in [6, 6.07) is 0. The van der Waals surface area contributed by atoms with Crippen LogP contribution >= 0.6 is 0 Å². The summed E-state index contributed by atoms with van der Waals surface area (Å²) in [5, 5.41) is 4.43. The standard InChI is InChI=1S/C9H15N3O/c1-9(2,3)12-8(10)6-4-13-5-7(6)11-12/h4-5,10H2,1-3H3. The molecule has 0 aromatic carbocycles. The van der Waals surface area contributed by atoms with Crippen LogP contribution in [0.2, 0.25) is 0 Å². The maximum atomic E-state index is 5.96. The monoisotopic (exact) mass is 181 g/mol. The van der Waals surface area contributed by atoms with Gasteiger partial charge < -0.3 is 10.5 Å². The number of aromatic nitrogens is 2. The number of hydrogen-bond donors (Lipinski definition) is 1. The lowest BCUT2D eigenvalue weighted by molar-refractivity contribution is 0.130. The molecule has 0 unspecified atom stereocenters. The van der Waals surface area contributed by atoms with E-state index < -0.39 is 0 Å². The number of nitrogen functional groups attached to an aromatic ring is 1. The molecule has 1 aliphatic rings. The molecule has 0 aliphatic carbocycles. The maximum absolute atomic E-state index is 5.96. The molecule has 13 heavy (non-hydrogen) atoms. The minimum Gasteiger partial charge on any atom is -0.384 e. The van der Waals surface area contributed by atoms with Crippen molar-refractivity contribution in [1.29, 1.82) is 0 Å². The van der Waals surface area contributed by atoms with Gasteiger partial charge in [-0.2, -0.15) is 5.10 Å². The quantitative estimate of drug-likeness (QED) is 0.655. The molecular formula is C9H15N3O. The van der Waals surface area contributed by atoms with Gasteiger partial charge in [-0.15, -0.1) is 0 Å². The molecule has 0 atom stereocenters. The minimum atomic E-state index is -0.0472. The lowest BCUT2D eigenvalue weighted by Gasteiger charge is -2.21. The van der Waals surface area contributed by atoms with E-state index in [4.69, 9.17) is 10.5 Å². The number of nitrogens with zero attached hydrogens (tertiary/aromatic N) is 2. The highest BCUT2D eigenvalue weighted by Crippen LogP contribution is 2.28. The van der Waals surface area contributed by atoms with E-state index in [1.807, 2.05) is 4.68 Å². The van der Waals surface area contributed by atoms with E-state index in [2.05, 4.69) is 25.9 Å². The number of anilines is 1. The average molecular weight is 181 g/mol. The third kappa shape index (κ3) is 1.21. The van der Waals surface area contributed by atoms with Crippen molar-refractivity contribution < 1.29 is 4.74 Å². The van der Waals surface area contributed by atoms with E-state index in [1.54, 1.807) is 0 Å². The summed E-state index contributed by atoms with van der Waals surface area (Å²) in [4.78, 5) is 0. The van der Waals surface area contributed by atoms with Crippen molar-refractivity contribution in [3.05, 3.63) is 11.3 Å². The van der Waals surface area contributed by atoms with Crippen molar-refractivity contribution in [2.75, 3.05) is 5.73 Å². The first kappa shape index (κ1) is 8.56. The first-order valence-corrected chi connectivity index (χ1v) is 4.44. The zero-order valence-electron chi connectivity index (χ0n) is 8.29. The van der Waals surface area contributed by atoms with Crippen LogP contribution in [0, 0.1) is 0 Å². The normalized spacial score (nSPS) is 16.2. The van der Waals surface area contributed by atoms with Crippen molar-refractivity contribution in [2.45, 2.75) is 39.5 Å². The van der Waals surface area contributed by atoms with Crippen molar-refractivity contribution in [2.24, 2.45) is 0 Å². The van der Waals surface area contributed by atoms with Crippen molar-refractivity contribution >= 4 is 5.82 Å². The number of rotatable bonds is 0. The van der Waals surface area contributed by atoms with Gasteiger partial charge in [-0.3, -0.25) is 0 Å². The average Bonchev–Trinajstić information content (AvgIpc) is 2.51. The summed E-state index contributed by atoms with van der Waals surface area (Å²) in [7, 11) is 0. The Morgan fingerprint density at radius 2 is 2.08 bits per heavy atom. The van der Waals surface area contributed by atoms with Crippen molar-refractivity contribution in [3.63, 3.8) is 0 Å². The predicted molar refractivity (Wildman–Crippen MR) is 50.1 cm³/mol. The molecule has 72 valence electrons. The van der Waals surface area contributed by atoms with E-state index in [0.717, 1.165) is 17.1 Å². The van der Waals surface area contributed by atoms with Crippen LogP contribution in [0.1, 0.15) is 32.0 Å². The van der Waals surface area contributed by atoms with Crippen LogP contribution in [0.5, 0.6) is 0 Å². The molecule has 1 aliphatic heterocycles. The maximum Gasteiger partial charge on any atom is 0.128 e. The van der Waals surface area contributed by atoms with Gasteiger partial charge in [0.05, 0.1) is 24.4 Å².